The summed E-state index contributed by atoms with van der Waals surface area (Å²) in [6.07, 6.45) is 0.432. The third-order valence-electron chi connectivity index (χ3n) is 3.37. The standard InChI is InChI=1S/C17H23ClO4/c1-16(2,3)22-14(19)10-11-17(4,15(20)21-5)12-6-8-13(18)9-7-12/h6-9H,10-11H2,1-5H3. The average Bonchev–Trinajstić information content (AvgIpc) is 2.42. The smallest absolute Gasteiger partial charge is 0.316 e. The van der Waals surface area contributed by atoms with Crippen LogP contribution in [0.15, 0.2) is 24.3 Å². The van der Waals surface area contributed by atoms with Crippen molar-refractivity contribution in [2.75, 3.05) is 7.11 Å². The lowest BCUT2D eigenvalue weighted by molar-refractivity contribution is -0.156. The number of esters is 2. The molecular weight excluding hydrogens is 304 g/mol. The predicted octanol–water partition coefficient (Wildman–Crippen LogP) is 3.89. The molecule has 1 aromatic carbocycles. The van der Waals surface area contributed by atoms with Crippen molar-refractivity contribution in [1.29, 1.82) is 0 Å². The quantitative estimate of drug-likeness (QED) is 0.770. The molecule has 0 aliphatic carbocycles. The van der Waals surface area contributed by atoms with E-state index in [1.54, 1.807) is 31.2 Å². The molecule has 1 aromatic rings. The zero-order chi connectivity index (χ0) is 17.0. The van der Waals surface area contributed by atoms with Crippen LogP contribution in [0.25, 0.3) is 0 Å². The van der Waals surface area contributed by atoms with Crippen LogP contribution in [0.2, 0.25) is 5.02 Å². The maximum Gasteiger partial charge on any atom is 0.316 e. The Balaban J connectivity index is 2.92. The van der Waals surface area contributed by atoms with Crippen LogP contribution in [-0.4, -0.2) is 24.6 Å². The molecule has 0 fully saturated rings. The van der Waals surface area contributed by atoms with Gasteiger partial charge in [-0.2, -0.15) is 0 Å². The Labute approximate surface area is 136 Å². The predicted molar refractivity (Wildman–Crippen MR) is 85.9 cm³/mol. The van der Waals surface area contributed by atoms with Crippen LogP contribution in [0.3, 0.4) is 0 Å². The molecular formula is C17H23ClO4. The van der Waals surface area contributed by atoms with E-state index in [1.807, 2.05) is 20.8 Å². The molecule has 1 unspecified atom stereocenters. The van der Waals surface area contributed by atoms with E-state index in [4.69, 9.17) is 21.1 Å². The van der Waals surface area contributed by atoms with Gasteiger partial charge in [0.2, 0.25) is 0 Å². The molecule has 0 bridgehead atoms. The van der Waals surface area contributed by atoms with Crippen molar-refractivity contribution in [2.45, 2.75) is 51.6 Å². The normalized spacial score (nSPS) is 14.1. The van der Waals surface area contributed by atoms with Crippen molar-refractivity contribution >= 4 is 23.5 Å². The molecule has 0 N–H and O–H groups in total. The SMILES string of the molecule is COC(=O)C(C)(CCC(=O)OC(C)(C)C)c1ccc(Cl)cc1. The molecule has 122 valence electrons. The highest BCUT2D eigenvalue weighted by atomic mass is 35.5. The van der Waals surface area contributed by atoms with Gasteiger partial charge in [-0.3, -0.25) is 9.59 Å². The van der Waals surface area contributed by atoms with Crippen molar-refractivity contribution in [3.05, 3.63) is 34.9 Å². The fourth-order valence-electron chi connectivity index (χ4n) is 2.15. The molecule has 0 spiro atoms. The number of hydrogen-bond acceptors (Lipinski definition) is 4. The van der Waals surface area contributed by atoms with E-state index in [9.17, 15) is 9.59 Å². The minimum atomic E-state index is -0.920. The lowest BCUT2D eigenvalue weighted by Gasteiger charge is -2.28. The Morgan fingerprint density at radius 3 is 2.09 bits per heavy atom. The van der Waals surface area contributed by atoms with E-state index in [-0.39, 0.29) is 12.4 Å². The average molecular weight is 327 g/mol. The minimum absolute atomic E-state index is 0.130. The third-order valence-corrected chi connectivity index (χ3v) is 3.62. The van der Waals surface area contributed by atoms with Gasteiger partial charge < -0.3 is 9.47 Å². The van der Waals surface area contributed by atoms with Gasteiger partial charge in [-0.1, -0.05) is 23.7 Å². The van der Waals surface area contributed by atoms with E-state index >= 15 is 0 Å². The zero-order valence-corrected chi connectivity index (χ0v) is 14.5. The minimum Gasteiger partial charge on any atom is -0.468 e. The molecule has 4 nitrogen and oxygen atoms in total. The molecule has 5 heteroatoms. The molecule has 22 heavy (non-hydrogen) atoms. The van der Waals surface area contributed by atoms with Crippen LogP contribution < -0.4 is 0 Å². The Morgan fingerprint density at radius 1 is 1.09 bits per heavy atom. The molecule has 1 atom stereocenters. The molecule has 0 saturated carbocycles. The second-order valence-corrected chi connectivity index (χ2v) is 6.85. The van der Waals surface area contributed by atoms with Gasteiger partial charge in [-0.15, -0.1) is 0 Å². The summed E-state index contributed by atoms with van der Waals surface area (Å²) in [5.41, 5.74) is -0.706. The number of rotatable bonds is 5. The van der Waals surface area contributed by atoms with Gasteiger partial charge in [-0.05, 0) is 51.8 Å². The fourth-order valence-corrected chi connectivity index (χ4v) is 2.28. The van der Waals surface area contributed by atoms with Crippen molar-refractivity contribution in [2.24, 2.45) is 0 Å². The summed E-state index contributed by atoms with van der Waals surface area (Å²) < 4.78 is 10.2. The molecule has 0 heterocycles. The molecule has 0 radical (unpaired) electrons. The highest BCUT2D eigenvalue weighted by Crippen LogP contribution is 2.32. The number of benzene rings is 1. The Bertz CT molecular complexity index is 531. The number of carbonyl (C=O) groups is 2. The second kappa shape index (κ2) is 7.14. The largest absolute Gasteiger partial charge is 0.468 e. The van der Waals surface area contributed by atoms with Crippen molar-refractivity contribution in [3.8, 4) is 0 Å². The van der Waals surface area contributed by atoms with Crippen molar-refractivity contribution in [1.82, 2.24) is 0 Å². The lowest BCUT2D eigenvalue weighted by atomic mass is 9.78. The van der Waals surface area contributed by atoms with E-state index < -0.39 is 17.0 Å². The van der Waals surface area contributed by atoms with Gasteiger partial charge in [-0.25, -0.2) is 0 Å². The summed E-state index contributed by atoms with van der Waals surface area (Å²) in [4.78, 5) is 24.1. The number of hydrogen-bond donors (Lipinski definition) is 0. The van der Waals surface area contributed by atoms with E-state index in [2.05, 4.69) is 0 Å². The second-order valence-electron chi connectivity index (χ2n) is 6.42. The summed E-state index contributed by atoms with van der Waals surface area (Å²) in [5, 5.41) is 0.586. The van der Waals surface area contributed by atoms with E-state index in [0.29, 0.717) is 11.4 Å². The van der Waals surface area contributed by atoms with Gasteiger partial charge >= 0.3 is 11.9 Å². The number of halogens is 1. The van der Waals surface area contributed by atoms with Crippen LogP contribution in [0, 0.1) is 0 Å². The molecule has 0 saturated heterocycles. The third kappa shape index (κ3) is 5.02. The molecule has 0 aliphatic heterocycles. The summed E-state index contributed by atoms with van der Waals surface area (Å²) in [7, 11) is 1.34. The zero-order valence-electron chi connectivity index (χ0n) is 13.7. The molecule has 0 aliphatic rings. The van der Waals surface area contributed by atoms with Gasteiger partial charge in [0.15, 0.2) is 0 Å². The Hall–Kier alpha value is -1.55. The summed E-state index contributed by atoms with van der Waals surface area (Å²) >= 11 is 5.89. The molecule has 0 aromatic heterocycles. The Morgan fingerprint density at radius 2 is 1.64 bits per heavy atom. The van der Waals surface area contributed by atoms with Gasteiger partial charge in [0.05, 0.1) is 12.5 Å². The number of carbonyl (C=O) groups excluding carboxylic acids is 2. The van der Waals surface area contributed by atoms with Gasteiger partial charge in [0.1, 0.15) is 5.60 Å². The first kappa shape index (κ1) is 18.5. The number of ether oxygens (including phenoxy) is 2. The van der Waals surface area contributed by atoms with E-state index in [0.717, 1.165) is 5.56 Å². The lowest BCUT2D eigenvalue weighted by Crippen LogP contribution is -2.35. The highest BCUT2D eigenvalue weighted by molar-refractivity contribution is 6.30. The highest BCUT2D eigenvalue weighted by Gasteiger charge is 2.37. The van der Waals surface area contributed by atoms with Crippen LogP contribution in [-0.2, 0) is 24.5 Å². The molecule has 1 rings (SSSR count). The van der Waals surface area contributed by atoms with Crippen LogP contribution in [0.5, 0.6) is 0 Å². The first-order valence-corrected chi connectivity index (χ1v) is 7.52. The first-order chi connectivity index (χ1) is 10.1. The van der Waals surface area contributed by atoms with Crippen LogP contribution in [0.1, 0.15) is 46.1 Å². The summed E-state index contributed by atoms with van der Waals surface area (Å²) in [5.74, 6) is -0.727. The number of methoxy groups -OCH3 is 1. The fraction of sp³-hybridized carbons (Fsp3) is 0.529. The van der Waals surface area contributed by atoms with Crippen LogP contribution in [0.4, 0.5) is 0 Å². The monoisotopic (exact) mass is 326 g/mol. The van der Waals surface area contributed by atoms with E-state index in [1.165, 1.54) is 7.11 Å². The molecule has 0 amide bonds. The Kier molecular flexibility index (Phi) is 6.00. The van der Waals surface area contributed by atoms with Crippen molar-refractivity contribution in [3.63, 3.8) is 0 Å². The maximum atomic E-state index is 12.2. The maximum absolute atomic E-state index is 12.2. The van der Waals surface area contributed by atoms with Gasteiger partial charge in [0, 0.05) is 11.4 Å². The first-order valence-electron chi connectivity index (χ1n) is 7.15. The van der Waals surface area contributed by atoms with Crippen molar-refractivity contribution < 1.29 is 19.1 Å². The summed E-state index contributed by atoms with van der Waals surface area (Å²) in [6, 6.07) is 6.97. The summed E-state index contributed by atoms with van der Waals surface area (Å²) in [6.45, 7) is 7.18. The topological polar surface area (TPSA) is 52.6 Å². The van der Waals surface area contributed by atoms with Gasteiger partial charge in [0.25, 0.3) is 0 Å². The van der Waals surface area contributed by atoms with Crippen LogP contribution >= 0.6 is 11.6 Å².